The maximum absolute atomic E-state index is 12.9. The molecule has 2 fully saturated rings. The van der Waals surface area contributed by atoms with Crippen LogP contribution in [-0.2, 0) is 9.59 Å². The van der Waals surface area contributed by atoms with Gasteiger partial charge in [0.05, 0.1) is 21.7 Å². The monoisotopic (exact) mass is 380 g/mol. The van der Waals surface area contributed by atoms with Crippen LogP contribution in [0.5, 0.6) is 0 Å². The molecule has 1 amide bonds. The van der Waals surface area contributed by atoms with Crippen LogP contribution in [0.4, 0.5) is 13.2 Å². The highest BCUT2D eigenvalue weighted by atomic mass is 32.2. The normalized spacial score (nSPS) is 30.6. The Balaban J connectivity index is 2.03. The second kappa shape index (κ2) is 6.87. The van der Waals surface area contributed by atoms with E-state index in [0.29, 0.717) is 32.3 Å². The molecule has 2 aliphatic heterocycles. The molecule has 5 N–H and O–H groups in total. The Bertz CT molecular complexity index is 625. The van der Waals surface area contributed by atoms with E-state index in [1.807, 2.05) is 11.8 Å². The van der Waals surface area contributed by atoms with Crippen LogP contribution in [0.25, 0.3) is 0 Å². The summed E-state index contributed by atoms with van der Waals surface area (Å²) in [5.41, 5.74) is 2.57. The minimum Gasteiger partial charge on any atom is -0.481 e. The Hall–Kier alpha value is -1.75. The van der Waals surface area contributed by atoms with Gasteiger partial charge in [-0.1, -0.05) is 0 Å². The second-order valence-corrected chi connectivity index (χ2v) is 7.95. The molecule has 140 valence electrons. The minimum atomic E-state index is -4.95. The number of nitrogens with zero attached hydrogens (tertiary/aromatic N) is 1. The van der Waals surface area contributed by atoms with Gasteiger partial charge in [-0.25, -0.2) is 0 Å². The van der Waals surface area contributed by atoms with Gasteiger partial charge >= 0.3 is 12.1 Å². The van der Waals surface area contributed by atoms with E-state index >= 15 is 0 Å². The lowest BCUT2D eigenvalue weighted by atomic mass is 10.1. The van der Waals surface area contributed by atoms with E-state index in [9.17, 15) is 22.8 Å². The summed E-state index contributed by atoms with van der Waals surface area (Å²) >= 11 is 1.36. The molecule has 0 radical (unpaired) electrons. The van der Waals surface area contributed by atoms with Crippen molar-refractivity contribution in [3.05, 3.63) is 11.3 Å². The van der Waals surface area contributed by atoms with Gasteiger partial charge in [-0.15, -0.1) is 11.8 Å². The Morgan fingerprint density at radius 1 is 1.52 bits per heavy atom. The van der Waals surface area contributed by atoms with Gasteiger partial charge in [0, 0.05) is 19.3 Å². The first-order valence-electron chi connectivity index (χ1n) is 7.49. The molecule has 0 aliphatic carbocycles. The molecule has 0 spiro atoms. The summed E-state index contributed by atoms with van der Waals surface area (Å²) in [5.74, 6) is -2.92. The van der Waals surface area contributed by atoms with Crippen molar-refractivity contribution in [3.8, 4) is 0 Å². The van der Waals surface area contributed by atoms with E-state index in [4.69, 9.17) is 16.2 Å². The number of alkyl halides is 3. The third-order valence-corrected chi connectivity index (χ3v) is 5.80. The zero-order valence-electron chi connectivity index (χ0n) is 13.4. The SMILES string of the molecule is C[C@@]1(CN2CCC(C(=O)O)C2)SC1N/C(C=N)=C(/C(N)=O)C(F)(F)F. The Morgan fingerprint density at radius 3 is 2.60 bits per heavy atom. The van der Waals surface area contributed by atoms with Crippen molar-refractivity contribution in [2.75, 3.05) is 19.6 Å². The number of carbonyl (C=O) groups excluding carboxylic acids is 1. The van der Waals surface area contributed by atoms with E-state index in [2.05, 4.69) is 5.32 Å². The van der Waals surface area contributed by atoms with E-state index in [1.165, 1.54) is 11.8 Å². The van der Waals surface area contributed by atoms with Gasteiger partial charge in [0.2, 0.25) is 0 Å². The lowest BCUT2D eigenvalue weighted by molar-refractivity contribution is -0.141. The summed E-state index contributed by atoms with van der Waals surface area (Å²) in [6, 6.07) is 0. The molecule has 0 aromatic heterocycles. The highest BCUT2D eigenvalue weighted by molar-refractivity contribution is 8.08. The number of rotatable bonds is 7. The number of nitrogens with one attached hydrogen (secondary N) is 2. The van der Waals surface area contributed by atoms with Gasteiger partial charge < -0.3 is 26.5 Å². The molecular formula is C14H19F3N4O3S. The second-order valence-electron chi connectivity index (χ2n) is 6.31. The molecule has 25 heavy (non-hydrogen) atoms. The molecule has 2 aliphatic rings. The van der Waals surface area contributed by atoms with Crippen LogP contribution in [0.3, 0.4) is 0 Å². The maximum Gasteiger partial charge on any atom is 0.423 e. The van der Waals surface area contributed by atoms with Gasteiger partial charge in [0.15, 0.2) is 0 Å². The van der Waals surface area contributed by atoms with E-state index in [0.717, 1.165) is 0 Å². The number of thioether (sulfide) groups is 1. The van der Waals surface area contributed by atoms with Crippen LogP contribution in [0, 0.1) is 11.3 Å². The number of amides is 1. The molecule has 2 heterocycles. The number of carbonyl (C=O) groups is 2. The highest BCUT2D eigenvalue weighted by Crippen LogP contribution is 2.53. The Kier molecular flexibility index (Phi) is 5.38. The maximum atomic E-state index is 12.9. The summed E-state index contributed by atoms with van der Waals surface area (Å²) in [5, 5.41) is 18.3. The first kappa shape index (κ1) is 19.6. The van der Waals surface area contributed by atoms with Crippen molar-refractivity contribution < 1.29 is 27.9 Å². The van der Waals surface area contributed by atoms with Crippen LogP contribution >= 0.6 is 11.8 Å². The summed E-state index contributed by atoms with van der Waals surface area (Å²) in [6.07, 6.45) is -3.98. The first-order chi connectivity index (χ1) is 11.5. The van der Waals surface area contributed by atoms with Crippen LogP contribution in [-0.4, -0.2) is 64.0 Å². The number of nitrogens with two attached hydrogens (primary N) is 1. The predicted octanol–water partition coefficient (Wildman–Crippen LogP) is 0.765. The highest BCUT2D eigenvalue weighted by Gasteiger charge is 2.54. The molecule has 0 aromatic rings. The van der Waals surface area contributed by atoms with Gasteiger partial charge in [0.1, 0.15) is 5.57 Å². The smallest absolute Gasteiger partial charge is 0.423 e. The average Bonchev–Trinajstić information content (AvgIpc) is 2.88. The standard InChI is InChI=1S/C14H19F3N4O3S/c1-13(6-21-3-2-7(5-21)11(23)24)12(25-13)20-8(4-18)9(10(19)22)14(15,16)17/h4,7,12,18,20H,2-3,5-6H2,1H3,(H2,19,22)(H,23,24)/b9-8-,18-4?/t7?,12?,13-/m0/s1. The van der Waals surface area contributed by atoms with Gasteiger partial charge in [-0.05, 0) is 19.9 Å². The van der Waals surface area contributed by atoms with Crippen LogP contribution in [0.2, 0.25) is 0 Å². The number of likely N-dealkylation sites (tertiary alicyclic amines) is 1. The summed E-state index contributed by atoms with van der Waals surface area (Å²) in [7, 11) is 0. The van der Waals surface area contributed by atoms with Crippen molar-refractivity contribution in [2.24, 2.45) is 11.7 Å². The third kappa shape index (κ3) is 4.46. The first-order valence-corrected chi connectivity index (χ1v) is 8.37. The fourth-order valence-electron chi connectivity index (χ4n) is 2.91. The number of carboxylic acids is 1. The Morgan fingerprint density at radius 2 is 2.16 bits per heavy atom. The summed E-state index contributed by atoms with van der Waals surface area (Å²) in [6.45, 7) is 3.35. The molecule has 3 atom stereocenters. The number of halogens is 3. The molecule has 0 aromatic carbocycles. The van der Waals surface area contributed by atoms with Crippen molar-refractivity contribution in [2.45, 2.75) is 29.6 Å². The predicted molar refractivity (Wildman–Crippen MR) is 86.2 cm³/mol. The number of primary amides is 1. The Labute approximate surface area is 146 Å². The summed E-state index contributed by atoms with van der Waals surface area (Å²) < 4.78 is 38.4. The fourth-order valence-corrected chi connectivity index (χ4v) is 3.96. The lowest BCUT2D eigenvalue weighted by Gasteiger charge is -2.20. The molecule has 2 rings (SSSR count). The van der Waals surface area contributed by atoms with E-state index < -0.39 is 45.4 Å². The number of carboxylic acid groups (broad SMARTS) is 1. The average molecular weight is 380 g/mol. The molecule has 2 saturated heterocycles. The van der Waals surface area contributed by atoms with Crippen molar-refractivity contribution in [1.82, 2.24) is 10.2 Å². The number of allylic oxidation sites excluding steroid dienone is 1. The largest absolute Gasteiger partial charge is 0.481 e. The molecular weight excluding hydrogens is 361 g/mol. The van der Waals surface area contributed by atoms with Crippen LogP contribution in [0.1, 0.15) is 13.3 Å². The van der Waals surface area contributed by atoms with Crippen molar-refractivity contribution >= 4 is 29.9 Å². The topological polar surface area (TPSA) is 120 Å². The summed E-state index contributed by atoms with van der Waals surface area (Å²) in [4.78, 5) is 24.1. The number of hydrogen-bond donors (Lipinski definition) is 4. The zero-order chi connectivity index (χ0) is 19.0. The van der Waals surface area contributed by atoms with Crippen LogP contribution < -0.4 is 11.1 Å². The minimum absolute atomic E-state index is 0.403. The van der Waals surface area contributed by atoms with Gasteiger partial charge in [-0.3, -0.25) is 9.59 Å². The number of aliphatic carboxylic acids is 1. The van der Waals surface area contributed by atoms with E-state index in [1.54, 1.807) is 0 Å². The van der Waals surface area contributed by atoms with Crippen molar-refractivity contribution in [3.63, 3.8) is 0 Å². The third-order valence-electron chi connectivity index (χ3n) is 4.27. The molecule has 0 saturated carbocycles. The lowest BCUT2D eigenvalue weighted by Crippen LogP contribution is -2.38. The molecule has 2 unspecified atom stereocenters. The quantitative estimate of drug-likeness (QED) is 0.294. The van der Waals surface area contributed by atoms with Crippen molar-refractivity contribution in [1.29, 1.82) is 5.41 Å². The molecule has 11 heteroatoms. The fraction of sp³-hybridized carbons (Fsp3) is 0.643. The molecule has 0 bridgehead atoms. The van der Waals surface area contributed by atoms with E-state index in [-0.39, 0.29) is 0 Å². The van der Waals surface area contributed by atoms with Gasteiger partial charge in [-0.2, -0.15) is 13.2 Å². The zero-order valence-corrected chi connectivity index (χ0v) is 14.2. The number of hydrogen-bond acceptors (Lipinski definition) is 6. The van der Waals surface area contributed by atoms with Crippen LogP contribution in [0.15, 0.2) is 11.3 Å². The van der Waals surface area contributed by atoms with Gasteiger partial charge in [0.25, 0.3) is 5.91 Å². The molecule has 7 nitrogen and oxygen atoms in total.